The number of hydrogen-bond donors (Lipinski definition) is 2. The molecule has 0 unspecified atom stereocenters. The van der Waals surface area contributed by atoms with Gasteiger partial charge < -0.3 is 10.5 Å². The van der Waals surface area contributed by atoms with E-state index in [1.54, 1.807) is 25.3 Å². The second-order valence-electron chi connectivity index (χ2n) is 3.43. The number of aromatic amines is 1. The van der Waals surface area contributed by atoms with Crippen LogP contribution in [-0.2, 0) is 5.75 Å². The number of benzene rings is 1. The van der Waals surface area contributed by atoms with E-state index in [2.05, 4.69) is 21.3 Å². The number of ether oxygens (including phenoxy) is 1. The molecule has 2 aromatic rings. The zero-order chi connectivity index (χ0) is 13.0. The molecule has 0 saturated heterocycles. The number of nitrogens with zero attached hydrogens (tertiary/aromatic N) is 3. The van der Waals surface area contributed by atoms with E-state index in [-0.39, 0.29) is 5.95 Å². The van der Waals surface area contributed by atoms with E-state index in [1.807, 2.05) is 0 Å². The predicted octanol–water partition coefficient (Wildman–Crippen LogP) is 1.56. The number of thioether (sulfide) groups is 1. The zero-order valence-corrected chi connectivity index (χ0v) is 10.5. The van der Waals surface area contributed by atoms with Crippen LogP contribution in [0.2, 0.25) is 0 Å². The molecular weight excluding hydrogens is 250 g/mol. The van der Waals surface area contributed by atoms with Gasteiger partial charge in [-0.05, 0) is 18.2 Å². The van der Waals surface area contributed by atoms with Crippen LogP contribution in [0, 0.1) is 11.3 Å². The number of aromatic nitrogens is 3. The fraction of sp³-hybridized carbons (Fsp3) is 0.182. The fourth-order valence-electron chi connectivity index (χ4n) is 1.43. The molecule has 2 rings (SSSR count). The van der Waals surface area contributed by atoms with Crippen LogP contribution >= 0.6 is 11.8 Å². The van der Waals surface area contributed by atoms with Gasteiger partial charge in [0.25, 0.3) is 0 Å². The monoisotopic (exact) mass is 261 g/mol. The molecule has 92 valence electrons. The number of nitrogen functional groups attached to an aromatic ring is 1. The number of H-pyrrole nitrogens is 1. The maximum Gasteiger partial charge on any atom is 0.216 e. The van der Waals surface area contributed by atoms with Crippen molar-refractivity contribution in [1.29, 1.82) is 5.26 Å². The summed E-state index contributed by atoms with van der Waals surface area (Å²) in [7, 11) is 1.60. The average Bonchev–Trinajstić information content (AvgIpc) is 2.81. The highest BCUT2D eigenvalue weighted by Gasteiger charge is 2.07. The van der Waals surface area contributed by atoms with E-state index < -0.39 is 0 Å². The Labute approximate surface area is 108 Å². The first kappa shape index (κ1) is 12.3. The van der Waals surface area contributed by atoms with Crippen molar-refractivity contribution < 1.29 is 4.74 Å². The largest absolute Gasteiger partial charge is 0.496 e. The summed E-state index contributed by atoms with van der Waals surface area (Å²) in [5, 5.41) is 15.9. The summed E-state index contributed by atoms with van der Waals surface area (Å²) in [5.74, 6) is 1.64. The zero-order valence-electron chi connectivity index (χ0n) is 9.67. The number of nitrogens with one attached hydrogen (secondary N) is 1. The van der Waals surface area contributed by atoms with E-state index >= 15 is 0 Å². The third-order valence-corrected chi connectivity index (χ3v) is 3.14. The van der Waals surface area contributed by atoms with Crippen LogP contribution in [0.3, 0.4) is 0 Å². The highest BCUT2D eigenvalue weighted by Crippen LogP contribution is 2.27. The maximum absolute atomic E-state index is 8.87. The van der Waals surface area contributed by atoms with Crippen molar-refractivity contribution in [3.8, 4) is 11.8 Å². The highest BCUT2D eigenvalue weighted by atomic mass is 32.2. The van der Waals surface area contributed by atoms with Crippen LogP contribution in [0.5, 0.6) is 5.75 Å². The standard InChI is InChI=1S/C11H11N5OS/c1-17-9-3-2-7(5-12)4-8(9)6-18-11-14-10(13)15-16-11/h2-4H,6H2,1H3,(H3,13,14,15,16). The number of nitrogens with two attached hydrogens (primary N) is 1. The molecule has 1 aromatic heterocycles. The summed E-state index contributed by atoms with van der Waals surface area (Å²) in [6, 6.07) is 7.39. The summed E-state index contributed by atoms with van der Waals surface area (Å²) in [5.41, 5.74) is 6.96. The van der Waals surface area contributed by atoms with Gasteiger partial charge in [-0.3, -0.25) is 0 Å². The molecule has 1 heterocycles. The Hall–Kier alpha value is -2.20. The maximum atomic E-state index is 8.87. The molecule has 0 bridgehead atoms. The van der Waals surface area contributed by atoms with Gasteiger partial charge >= 0.3 is 0 Å². The lowest BCUT2D eigenvalue weighted by Gasteiger charge is -2.07. The van der Waals surface area contributed by atoms with Gasteiger partial charge in [0, 0.05) is 11.3 Å². The molecule has 3 N–H and O–H groups in total. The number of hydrogen-bond acceptors (Lipinski definition) is 6. The van der Waals surface area contributed by atoms with Gasteiger partial charge in [0.05, 0.1) is 18.7 Å². The van der Waals surface area contributed by atoms with Crippen LogP contribution in [-0.4, -0.2) is 22.3 Å². The van der Waals surface area contributed by atoms with Gasteiger partial charge in [0.1, 0.15) is 5.75 Å². The van der Waals surface area contributed by atoms with Crippen molar-refractivity contribution in [2.75, 3.05) is 12.8 Å². The molecule has 7 heteroatoms. The first-order valence-electron chi connectivity index (χ1n) is 5.10. The summed E-state index contributed by atoms with van der Waals surface area (Å²) < 4.78 is 5.24. The number of rotatable bonds is 4. The Morgan fingerprint density at radius 3 is 3.00 bits per heavy atom. The lowest BCUT2D eigenvalue weighted by molar-refractivity contribution is 0.411. The third kappa shape index (κ3) is 2.73. The minimum atomic E-state index is 0.287. The van der Waals surface area contributed by atoms with E-state index in [1.165, 1.54) is 11.8 Å². The molecular formula is C11H11N5OS. The lowest BCUT2D eigenvalue weighted by atomic mass is 10.1. The van der Waals surface area contributed by atoms with Gasteiger partial charge in [-0.25, -0.2) is 5.10 Å². The normalized spacial score (nSPS) is 10.0. The smallest absolute Gasteiger partial charge is 0.216 e. The van der Waals surface area contributed by atoms with Gasteiger partial charge in [0.2, 0.25) is 11.1 Å². The van der Waals surface area contributed by atoms with Crippen molar-refractivity contribution >= 4 is 17.7 Å². The van der Waals surface area contributed by atoms with Crippen LogP contribution in [0.4, 0.5) is 5.95 Å². The third-order valence-electron chi connectivity index (χ3n) is 2.25. The van der Waals surface area contributed by atoms with Gasteiger partial charge in [-0.2, -0.15) is 10.2 Å². The molecule has 0 spiro atoms. The van der Waals surface area contributed by atoms with Crippen LogP contribution in [0.15, 0.2) is 23.4 Å². The van der Waals surface area contributed by atoms with Crippen LogP contribution in [0.25, 0.3) is 0 Å². The quantitative estimate of drug-likeness (QED) is 0.810. The van der Waals surface area contributed by atoms with Gasteiger partial charge in [-0.1, -0.05) is 11.8 Å². The minimum Gasteiger partial charge on any atom is -0.496 e. The van der Waals surface area contributed by atoms with Gasteiger partial charge in [-0.15, -0.1) is 5.10 Å². The second-order valence-corrected chi connectivity index (χ2v) is 4.37. The fourth-order valence-corrected chi connectivity index (χ4v) is 2.21. The number of nitriles is 1. The average molecular weight is 261 g/mol. The summed E-state index contributed by atoms with van der Waals surface area (Å²) >= 11 is 1.42. The first-order chi connectivity index (χ1) is 8.72. The van der Waals surface area contributed by atoms with E-state index in [0.29, 0.717) is 16.5 Å². The predicted molar refractivity (Wildman–Crippen MR) is 68.1 cm³/mol. The Morgan fingerprint density at radius 2 is 2.39 bits per heavy atom. The molecule has 0 saturated carbocycles. The SMILES string of the molecule is COc1ccc(C#N)cc1CSc1n[nH]c(N)n1. The molecule has 0 aliphatic heterocycles. The van der Waals surface area contributed by atoms with Crippen LogP contribution in [0.1, 0.15) is 11.1 Å². The molecule has 0 radical (unpaired) electrons. The Morgan fingerprint density at radius 1 is 1.56 bits per heavy atom. The number of anilines is 1. The molecule has 18 heavy (non-hydrogen) atoms. The Balaban J connectivity index is 2.15. The summed E-state index contributed by atoms with van der Waals surface area (Å²) in [4.78, 5) is 3.99. The summed E-state index contributed by atoms with van der Waals surface area (Å²) in [6.07, 6.45) is 0. The van der Waals surface area contributed by atoms with E-state index in [0.717, 1.165) is 11.3 Å². The van der Waals surface area contributed by atoms with Gasteiger partial charge in [0.15, 0.2) is 0 Å². The second kappa shape index (κ2) is 5.42. The van der Waals surface area contributed by atoms with E-state index in [9.17, 15) is 0 Å². The summed E-state index contributed by atoms with van der Waals surface area (Å²) in [6.45, 7) is 0. The molecule has 0 aliphatic rings. The minimum absolute atomic E-state index is 0.287. The van der Waals surface area contributed by atoms with Crippen LogP contribution < -0.4 is 10.5 Å². The van der Waals surface area contributed by atoms with E-state index in [4.69, 9.17) is 15.7 Å². The number of methoxy groups -OCH3 is 1. The topological polar surface area (TPSA) is 101 Å². The molecule has 0 fully saturated rings. The van der Waals surface area contributed by atoms with Crippen molar-refractivity contribution in [1.82, 2.24) is 15.2 Å². The molecule has 6 nitrogen and oxygen atoms in total. The van der Waals surface area contributed by atoms with Crippen molar-refractivity contribution in [2.45, 2.75) is 10.9 Å². The molecule has 0 aliphatic carbocycles. The van der Waals surface area contributed by atoms with Crippen molar-refractivity contribution in [3.63, 3.8) is 0 Å². The highest BCUT2D eigenvalue weighted by molar-refractivity contribution is 7.98. The molecule has 0 amide bonds. The lowest BCUT2D eigenvalue weighted by Crippen LogP contribution is -1.92. The van der Waals surface area contributed by atoms with Crippen molar-refractivity contribution in [3.05, 3.63) is 29.3 Å². The first-order valence-corrected chi connectivity index (χ1v) is 6.09. The Kier molecular flexibility index (Phi) is 3.69. The Bertz CT molecular complexity index is 589. The molecule has 1 aromatic carbocycles. The molecule has 0 atom stereocenters. The van der Waals surface area contributed by atoms with Crippen molar-refractivity contribution in [2.24, 2.45) is 0 Å².